The molecule has 1 aliphatic rings. The van der Waals surface area contributed by atoms with Gasteiger partial charge < -0.3 is 15.2 Å². The Morgan fingerprint density at radius 2 is 2.41 bits per heavy atom. The Kier molecular flexibility index (Phi) is 3.64. The molecule has 0 bridgehead atoms. The molecule has 2 rings (SSSR count). The lowest BCUT2D eigenvalue weighted by Crippen LogP contribution is -2.16. The monoisotopic (exact) mass is 235 g/mol. The van der Waals surface area contributed by atoms with Crippen molar-refractivity contribution in [3.63, 3.8) is 0 Å². The highest BCUT2D eigenvalue weighted by Gasteiger charge is 2.16. The first-order valence-electron chi connectivity index (χ1n) is 5.81. The summed E-state index contributed by atoms with van der Waals surface area (Å²) >= 11 is 0. The molecule has 1 aromatic rings. The van der Waals surface area contributed by atoms with Gasteiger partial charge in [-0.2, -0.15) is 0 Å². The van der Waals surface area contributed by atoms with Crippen molar-refractivity contribution in [3.05, 3.63) is 23.8 Å². The van der Waals surface area contributed by atoms with Crippen molar-refractivity contribution in [1.82, 2.24) is 0 Å². The molecule has 4 heteroatoms. The van der Waals surface area contributed by atoms with E-state index in [1.54, 1.807) is 18.2 Å². The molecule has 0 aromatic heterocycles. The second-order valence-electron chi connectivity index (χ2n) is 4.25. The van der Waals surface area contributed by atoms with Gasteiger partial charge in [0.2, 0.25) is 0 Å². The van der Waals surface area contributed by atoms with Crippen LogP contribution in [0.2, 0.25) is 0 Å². The predicted octanol–water partition coefficient (Wildman–Crippen LogP) is 2.03. The molecule has 0 spiro atoms. The first-order valence-corrected chi connectivity index (χ1v) is 5.81. The van der Waals surface area contributed by atoms with Crippen LogP contribution in [0, 0.1) is 0 Å². The standard InChI is InChI=1S/C13H17NO3/c1-9(15)12-7-10(4-5-13(12)14)17-8-11-3-2-6-16-11/h4-5,7,11H,2-3,6,8,14H2,1H3. The van der Waals surface area contributed by atoms with Crippen LogP contribution in [0.25, 0.3) is 0 Å². The van der Waals surface area contributed by atoms with E-state index in [1.807, 2.05) is 0 Å². The summed E-state index contributed by atoms with van der Waals surface area (Å²) in [6.45, 7) is 2.84. The molecular weight excluding hydrogens is 218 g/mol. The van der Waals surface area contributed by atoms with Crippen LogP contribution in [-0.4, -0.2) is 25.1 Å². The van der Waals surface area contributed by atoms with Crippen LogP contribution >= 0.6 is 0 Å². The summed E-state index contributed by atoms with van der Waals surface area (Å²) in [5.74, 6) is 0.616. The third-order valence-corrected chi connectivity index (χ3v) is 2.86. The third-order valence-electron chi connectivity index (χ3n) is 2.86. The van der Waals surface area contributed by atoms with E-state index in [-0.39, 0.29) is 11.9 Å². The van der Waals surface area contributed by atoms with Crippen molar-refractivity contribution in [2.75, 3.05) is 18.9 Å². The molecule has 2 N–H and O–H groups in total. The van der Waals surface area contributed by atoms with Gasteiger partial charge in [0.1, 0.15) is 12.4 Å². The van der Waals surface area contributed by atoms with Crippen LogP contribution in [0.1, 0.15) is 30.1 Å². The maximum absolute atomic E-state index is 11.3. The molecule has 0 aliphatic carbocycles. The minimum Gasteiger partial charge on any atom is -0.491 e. The van der Waals surface area contributed by atoms with E-state index < -0.39 is 0 Å². The van der Waals surface area contributed by atoms with Gasteiger partial charge in [0, 0.05) is 17.9 Å². The lowest BCUT2D eigenvalue weighted by Gasteiger charge is -2.12. The van der Waals surface area contributed by atoms with Gasteiger partial charge in [-0.05, 0) is 38.0 Å². The minimum atomic E-state index is -0.0509. The van der Waals surface area contributed by atoms with E-state index in [9.17, 15) is 4.79 Å². The summed E-state index contributed by atoms with van der Waals surface area (Å²) < 4.78 is 11.1. The largest absolute Gasteiger partial charge is 0.491 e. The molecule has 1 heterocycles. The molecule has 0 saturated carbocycles. The van der Waals surface area contributed by atoms with Crippen LogP contribution in [0.3, 0.4) is 0 Å². The Morgan fingerprint density at radius 3 is 3.06 bits per heavy atom. The van der Waals surface area contributed by atoms with Crippen LogP contribution < -0.4 is 10.5 Å². The molecule has 17 heavy (non-hydrogen) atoms. The quantitative estimate of drug-likeness (QED) is 0.640. The van der Waals surface area contributed by atoms with E-state index in [0.717, 1.165) is 19.4 Å². The molecule has 0 radical (unpaired) electrons. The van der Waals surface area contributed by atoms with Gasteiger partial charge in [0.25, 0.3) is 0 Å². The third kappa shape index (κ3) is 2.97. The van der Waals surface area contributed by atoms with Gasteiger partial charge >= 0.3 is 0 Å². The molecular formula is C13H17NO3. The summed E-state index contributed by atoms with van der Waals surface area (Å²) in [6.07, 6.45) is 2.30. The van der Waals surface area contributed by atoms with Crippen molar-refractivity contribution in [3.8, 4) is 5.75 Å². The van der Waals surface area contributed by atoms with Crippen LogP contribution in [0.15, 0.2) is 18.2 Å². The molecule has 1 atom stereocenters. The molecule has 92 valence electrons. The number of rotatable bonds is 4. The van der Waals surface area contributed by atoms with E-state index in [0.29, 0.717) is 23.6 Å². The number of hydrogen-bond donors (Lipinski definition) is 1. The Hall–Kier alpha value is -1.55. The van der Waals surface area contributed by atoms with Crippen LogP contribution in [0.5, 0.6) is 5.75 Å². The van der Waals surface area contributed by atoms with Gasteiger partial charge in [-0.3, -0.25) is 4.79 Å². The number of carbonyl (C=O) groups is 1. The summed E-state index contributed by atoms with van der Waals surface area (Å²) in [6, 6.07) is 5.16. The predicted molar refractivity (Wildman–Crippen MR) is 65.3 cm³/mol. The number of hydrogen-bond acceptors (Lipinski definition) is 4. The smallest absolute Gasteiger partial charge is 0.162 e. The fourth-order valence-corrected chi connectivity index (χ4v) is 1.90. The van der Waals surface area contributed by atoms with Gasteiger partial charge in [-0.25, -0.2) is 0 Å². The van der Waals surface area contributed by atoms with E-state index in [2.05, 4.69) is 0 Å². The topological polar surface area (TPSA) is 61.5 Å². The average molecular weight is 235 g/mol. The van der Waals surface area contributed by atoms with Crippen molar-refractivity contribution >= 4 is 11.5 Å². The number of carbonyl (C=O) groups excluding carboxylic acids is 1. The fourth-order valence-electron chi connectivity index (χ4n) is 1.90. The summed E-state index contributed by atoms with van der Waals surface area (Å²) in [4.78, 5) is 11.3. The number of ether oxygens (including phenoxy) is 2. The Balaban J connectivity index is 2.00. The summed E-state index contributed by atoms with van der Waals surface area (Å²) in [5.41, 5.74) is 6.70. The van der Waals surface area contributed by atoms with Crippen molar-refractivity contribution in [2.24, 2.45) is 0 Å². The zero-order chi connectivity index (χ0) is 12.3. The Labute approximate surface area is 101 Å². The van der Waals surface area contributed by atoms with Gasteiger partial charge in [-0.1, -0.05) is 0 Å². The highest BCUT2D eigenvalue weighted by molar-refractivity contribution is 5.99. The average Bonchev–Trinajstić information content (AvgIpc) is 2.80. The molecule has 1 fully saturated rings. The van der Waals surface area contributed by atoms with Gasteiger partial charge in [0.15, 0.2) is 5.78 Å². The van der Waals surface area contributed by atoms with E-state index in [1.165, 1.54) is 6.92 Å². The van der Waals surface area contributed by atoms with Crippen molar-refractivity contribution in [2.45, 2.75) is 25.9 Å². The number of benzene rings is 1. The highest BCUT2D eigenvalue weighted by atomic mass is 16.5. The van der Waals surface area contributed by atoms with E-state index in [4.69, 9.17) is 15.2 Å². The molecule has 1 aromatic carbocycles. The van der Waals surface area contributed by atoms with Crippen LogP contribution in [0.4, 0.5) is 5.69 Å². The Bertz CT molecular complexity index is 411. The first-order chi connectivity index (χ1) is 8.16. The summed E-state index contributed by atoms with van der Waals surface area (Å²) in [7, 11) is 0. The molecule has 0 amide bonds. The maximum atomic E-state index is 11.3. The normalized spacial score (nSPS) is 19.2. The number of Topliss-reactive ketones (excluding diaryl/α,β-unsaturated/α-hetero) is 1. The Morgan fingerprint density at radius 1 is 1.59 bits per heavy atom. The summed E-state index contributed by atoms with van der Waals surface area (Å²) in [5, 5.41) is 0. The van der Waals surface area contributed by atoms with Gasteiger partial charge in [-0.15, -0.1) is 0 Å². The minimum absolute atomic E-state index is 0.0509. The zero-order valence-corrected chi connectivity index (χ0v) is 9.94. The SMILES string of the molecule is CC(=O)c1cc(OCC2CCCO2)ccc1N. The molecule has 1 saturated heterocycles. The van der Waals surface area contributed by atoms with Crippen LogP contribution in [-0.2, 0) is 4.74 Å². The number of nitrogen functional groups attached to an aromatic ring is 1. The molecule has 4 nitrogen and oxygen atoms in total. The second-order valence-corrected chi connectivity index (χ2v) is 4.25. The lowest BCUT2D eigenvalue weighted by atomic mass is 10.1. The van der Waals surface area contributed by atoms with Crippen molar-refractivity contribution in [1.29, 1.82) is 0 Å². The zero-order valence-electron chi connectivity index (χ0n) is 9.94. The molecule has 1 aliphatic heterocycles. The maximum Gasteiger partial charge on any atom is 0.162 e. The number of ketones is 1. The lowest BCUT2D eigenvalue weighted by molar-refractivity contribution is 0.0679. The fraction of sp³-hybridized carbons (Fsp3) is 0.462. The van der Waals surface area contributed by atoms with E-state index >= 15 is 0 Å². The second kappa shape index (κ2) is 5.19. The number of nitrogens with two attached hydrogens (primary N) is 1. The first kappa shape index (κ1) is 11.9. The molecule has 1 unspecified atom stereocenters. The highest BCUT2D eigenvalue weighted by Crippen LogP contribution is 2.21. The van der Waals surface area contributed by atoms with Crippen molar-refractivity contribution < 1.29 is 14.3 Å². The van der Waals surface area contributed by atoms with Gasteiger partial charge in [0.05, 0.1) is 6.10 Å². The number of anilines is 1.